The Labute approximate surface area is 77.3 Å². The second-order valence-electron chi connectivity index (χ2n) is 2.54. The lowest BCUT2D eigenvalue weighted by Gasteiger charge is -2.01. The molecule has 12 heavy (non-hydrogen) atoms. The zero-order valence-electron chi connectivity index (χ0n) is 6.76. The number of hydrogen-bond donors (Lipinski definition) is 1. The van der Waals surface area contributed by atoms with Crippen molar-refractivity contribution in [3.05, 3.63) is 35.9 Å². The van der Waals surface area contributed by atoms with Gasteiger partial charge in [-0.15, -0.1) is 11.6 Å². The molecule has 0 aliphatic heterocycles. The molecule has 1 N–H and O–H groups in total. The molecule has 0 spiro atoms. The molecule has 0 aliphatic carbocycles. The van der Waals surface area contributed by atoms with E-state index in [2.05, 4.69) is 6.58 Å². The number of benzene rings is 1. The van der Waals surface area contributed by atoms with E-state index in [0.29, 0.717) is 5.88 Å². The highest BCUT2D eigenvalue weighted by atomic mass is 35.5. The van der Waals surface area contributed by atoms with Crippen LogP contribution in [0.5, 0.6) is 5.75 Å². The molecule has 0 atom stereocenters. The predicted octanol–water partition coefficient (Wildman–Crippen LogP) is 2.82. The highest BCUT2D eigenvalue weighted by molar-refractivity contribution is 6.17. The minimum Gasteiger partial charge on any atom is -0.507 e. The van der Waals surface area contributed by atoms with Crippen LogP contribution in [0.3, 0.4) is 0 Å². The monoisotopic (exact) mass is 182 g/mol. The average Bonchev–Trinajstić information content (AvgIpc) is 2.05. The summed E-state index contributed by atoms with van der Waals surface area (Å²) in [5.74, 6) is 0.847. The molecule has 0 aliphatic rings. The van der Waals surface area contributed by atoms with Crippen LogP contribution in [-0.4, -0.2) is 11.0 Å². The molecule has 1 aromatic carbocycles. The van der Waals surface area contributed by atoms with Gasteiger partial charge in [0.1, 0.15) is 5.75 Å². The zero-order chi connectivity index (χ0) is 8.97. The van der Waals surface area contributed by atoms with Gasteiger partial charge in [0, 0.05) is 11.4 Å². The van der Waals surface area contributed by atoms with Crippen LogP contribution in [0.15, 0.2) is 24.8 Å². The zero-order valence-corrected chi connectivity index (χ0v) is 7.51. The van der Waals surface area contributed by atoms with Crippen LogP contribution < -0.4 is 0 Å². The van der Waals surface area contributed by atoms with Crippen molar-refractivity contribution in [1.29, 1.82) is 0 Å². The van der Waals surface area contributed by atoms with Crippen LogP contribution in [0.25, 0.3) is 6.08 Å². The van der Waals surface area contributed by atoms with E-state index >= 15 is 0 Å². The highest BCUT2D eigenvalue weighted by Gasteiger charge is 1.98. The van der Waals surface area contributed by atoms with Gasteiger partial charge in [-0.1, -0.05) is 24.8 Å². The number of rotatable bonds is 3. The minimum absolute atomic E-state index is 0.271. The van der Waals surface area contributed by atoms with E-state index < -0.39 is 0 Å². The number of aromatic hydroxyl groups is 1. The summed E-state index contributed by atoms with van der Waals surface area (Å²) in [6.07, 6.45) is 2.41. The van der Waals surface area contributed by atoms with Crippen LogP contribution in [0.4, 0.5) is 0 Å². The van der Waals surface area contributed by atoms with Gasteiger partial charge < -0.3 is 5.11 Å². The first kappa shape index (κ1) is 9.14. The van der Waals surface area contributed by atoms with E-state index in [1.54, 1.807) is 12.1 Å². The number of hydrogen-bond acceptors (Lipinski definition) is 1. The number of alkyl halides is 1. The summed E-state index contributed by atoms with van der Waals surface area (Å²) < 4.78 is 0. The molecule has 2 heteroatoms. The van der Waals surface area contributed by atoms with Crippen molar-refractivity contribution in [2.24, 2.45) is 0 Å². The molecule has 0 saturated heterocycles. The standard InChI is InChI=1S/C10H11ClO/c1-2-9-4-3-8(5-6-11)7-10(9)12/h2-4,7,12H,1,5-6H2. The molecule has 0 heterocycles. The molecule has 1 aromatic rings. The summed E-state index contributed by atoms with van der Waals surface area (Å²) in [4.78, 5) is 0. The van der Waals surface area contributed by atoms with Crippen molar-refractivity contribution in [3.63, 3.8) is 0 Å². The number of phenols is 1. The van der Waals surface area contributed by atoms with E-state index in [-0.39, 0.29) is 5.75 Å². The first-order valence-corrected chi connectivity index (χ1v) is 4.31. The molecule has 0 fully saturated rings. The summed E-state index contributed by atoms with van der Waals surface area (Å²) in [5.41, 5.74) is 1.81. The first-order chi connectivity index (χ1) is 5.77. The normalized spacial score (nSPS) is 9.75. The molecule has 0 unspecified atom stereocenters. The summed E-state index contributed by atoms with van der Waals surface area (Å²) in [7, 11) is 0. The van der Waals surface area contributed by atoms with Gasteiger partial charge in [0.25, 0.3) is 0 Å². The lowest BCUT2D eigenvalue weighted by Crippen LogP contribution is -1.86. The molecule has 0 radical (unpaired) electrons. The molecule has 1 nitrogen and oxygen atoms in total. The Hall–Kier alpha value is -0.950. The van der Waals surface area contributed by atoms with Crippen molar-refractivity contribution in [1.82, 2.24) is 0 Å². The van der Waals surface area contributed by atoms with E-state index in [1.807, 2.05) is 12.1 Å². The lowest BCUT2D eigenvalue weighted by atomic mass is 10.1. The molecule has 0 bridgehead atoms. The van der Waals surface area contributed by atoms with Gasteiger partial charge in [0.2, 0.25) is 0 Å². The van der Waals surface area contributed by atoms with Crippen LogP contribution in [-0.2, 0) is 6.42 Å². The molecular formula is C10H11ClO. The van der Waals surface area contributed by atoms with Crippen LogP contribution >= 0.6 is 11.6 Å². The Morgan fingerprint density at radius 2 is 2.25 bits per heavy atom. The summed E-state index contributed by atoms with van der Waals surface area (Å²) >= 11 is 5.56. The molecule has 0 saturated carbocycles. The van der Waals surface area contributed by atoms with Gasteiger partial charge >= 0.3 is 0 Å². The summed E-state index contributed by atoms with van der Waals surface area (Å²) in [5, 5.41) is 9.40. The van der Waals surface area contributed by atoms with Crippen molar-refractivity contribution in [3.8, 4) is 5.75 Å². The average molecular weight is 183 g/mol. The van der Waals surface area contributed by atoms with E-state index in [1.165, 1.54) is 0 Å². The Morgan fingerprint density at radius 3 is 2.75 bits per heavy atom. The second kappa shape index (κ2) is 4.17. The van der Waals surface area contributed by atoms with Gasteiger partial charge in [0.05, 0.1) is 0 Å². The predicted molar refractivity (Wildman–Crippen MR) is 52.6 cm³/mol. The van der Waals surface area contributed by atoms with Gasteiger partial charge in [-0.3, -0.25) is 0 Å². The number of aryl methyl sites for hydroxylation is 1. The van der Waals surface area contributed by atoms with Crippen LogP contribution in [0.1, 0.15) is 11.1 Å². The van der Waals surface area contributed by atoms with Crippen molar-refractivity contribution < 1.29 is 5.11 Å². The SMILES string of the molecule is C=Cc1ccc(CCCl)cc1O. The topological polar surface area (TPSA) is 20.2 Å². The van der Waals surface area contributed by atoms with E-state index in [9.17, 15) is 5.11 Å². The smallest absolute Gasteiger partial charge is 0.123 e. The maximum atomic E-state index is 9.40. The van der Waals surface area contributed by atoms with E-state index in [0.717, 1.165) is 17.5 Å². The van der Waals surface area contributed by atoms with Gasteiger partial charge in [-0.25, -0.2) is 0 Å². The fraction of sp³-hybridized carbons (Fsp3) is 0.200. The minimum atomic E-state index is 0.271. The summed E-state index contributed by atoms with van der Waals surface area (Å²) in [6, 6.07) is 5.50. The fourth-order valence-electron chi connectivity index (χ4n) is 1.03. The van der Waals surface area contributed by atoms with E-state index in [4.69, 9.17) is 11.6 Å². The third kappa shape index (κ3) is 2.02. The second-order valence-corrected chi connectivity index (χ2v) is 2.91. The Bertz CT molecular complexity index is 281. The van der Waals surface area contributed by atoms with Crippen molar-refractivity contribution in [2.45, 2.75) is 6.42 Å². The fourth-order valence-corrected chi connectivity index (χ4v) is 1.24. The number of halogens is 1. The van der Waals surface area contributed by atoms with Crippen LogP contribution in [0.2, 0.25) is 0 Å². The van der Waals surface area contributed by atoms with Gasteiger partial charge in [0.15, 0.2) is 0 Å². The molecule has 1 rings (SSSR count). The molecular weight excluding hydrogens is 172 g/mol. The van der Waals surface area contributed by atoms with Crippen LogP contribution in [0, 0.1) is 0 Å². The highest BCUT2D eigenvalue weighted by Crippen LogP contribution is 2.19. The quantitative estimate of drug-likeness (QED) is 0.713. The largest absolute Gasteiger partial charge is 0.507 e. The Morgan fingerprint density at radius 1 is 1.50 bits per heavy atom. The Kier molecular flexibility index (Phi) is 3.18. The van der Waals surface area contributed by atoms with Crippen molar-refractivity contribution >= 4 is 17.7 Å². The first-order valence-electron chi connectivity index (χ1n) is 3.78. The third-order valence-electron chi connectivity index (χ3n) is 1.70. The van der Waals surface area contributed by atoms with Gasteiger partial charge in [-0.2, -0.15) is 0 Å². The van der Waals surface area contributed by atoms with Gasteiger partial charge in [-0.05, 0) is 18.1 Å². The maximum absolute atomic E-state index is 9.40. The summed E-state index contributed by atoms with van der Waals surface area (Å²) in [6.45, 7) is 3.58. The molecule has 64 valence electrons. The Balaban J connectivity index is 2.93. The molecule has 0 aromatic heterocycles. The lowest BCUT2D eigenvalue weighted by molar-refractivity contribution is 0.473. The third-order valence-corrected chi connectivity index (χ3v) is 1.89. The number of phenolic OH excluding ortho intramolecular Hbond substituents is 1. The van der Waals surface area contributed by atoms with Crippen molar-refractivity contribution in [2.75, 3.05) is 5.88 Å². The maximum Gasteiger partial charge on any atom is 0.123 e. The molecule has 0 amide bonds.